The number of benzene rings is 1. The van der Waals surface area contributed by atoms with Crippen LogP contribution in [0.1, 0.15) is 31.9 Å². The van der Waals surface area contributed by atoms with Gasteiger partial charge in [0.1, 0.15) is 5.82 Å². The first-order chi connectivity index (χ1) is 6.57. The molecule has 1 aromatic carbocycles. The van der Waals surface area contributed by atoms with Gasteiger partial charge in [-0.05, 0) is 18.1 Å². The van der Waals surface area contributed by atoms with Crippen molar-refractivity contribution >= 4 is 15.9 Å². The number of halogens is 2. The Labute approximate surface area is 92.1 Å². The van der Waals surface area contributed by atoms with Gasteiger partial charge in [-0.3, -0.25) is 0 Å². The molecule has 0 heterocycles. The second-order valence-electron chi connectivity index (χ2n) is 3.47. The van der Waals surface area contributed by atoms with Gasteiger partial charge in [0.25, 0.3) is 0 Å². The van der Waals surface area contributed by atoms with E-state index in [1.165, 1.54) is 6.07 Å². The van der Waals surface area contributed by atoms with Gasteiger partial charge >= 0.3 is 0 Å². The molecule has 3 heteroatoms. The molecule has 2 unspecified atom stereocenters. The Morgan fingerprint density at radius 1 is 1.50 bits per heavy atom. The Balaban J connectivity index is 3.05. The third-order valence-corrected chi connectivity index (χ3v) is 3.17. The summed E-state index contributed by atoms with van der Waals surface area (Å²) in [5.41, 5.74) is 0.363. The molecule has 0 saturated heterocycles. The van der Waals surface area contributed by atoms with Crippen molar-refractivity contribution in [3.8, 4) is 0 Å². The molecule has 2 atom stereocenters. The van der Waals surface area contributed by atoms with Crippen LogP contribution in [-0.2, 0) is 0 Å². The lowest BCUT2D eigenvalue weighted by molar-refractivity contribution is 0.111. The minimum absolute atomic E-state index is 0.0585. The summed E-state index contributed by atoms with van der Waals surface area (Å²) in [7, 11) is 0. The smallest absolute Gasteiger partial charge is 0.130 e. The molecule has 0 aliphatic rings. The lowest BCUT2D eigenvalue weighted by Crippen LogP contribution is -2.10. The van der Waals surface area contributed by atoms with Gasteiger partial charge in [-0.1, -0.05) is 42.3 Å². The van der Waals surface area contributed by atoms with Crippen LogP contribution in [-0.4, -0.2) is 5.11 Å². The van der Waals surface area contributed by atoms with Crippen molar-refractivity contribution in [3.63, 3.8) is 0 Å². The van der Waals surface area contributed by atoms with Gasteiger partial charge in [0.05, 0.1) is 6.10 Å². The van der Waals surface area contributed by atoms with Crippen LogP contribution in [0.2, 0.25) is 0 Å². The molecular weight excluding hydrogens is 247 g/mol. The molecule has 0 bridgehead atoms. The molecule has 78 valence electrons. The SMILES string of the molecule is CCC(C)C(O)c1c(F)cccc1Br. The number of hydrogen-bond acceptors (Lipinski definition) is 1. The van der Waals surface area contributed by atoms with E-state index in [2.05, 4.69) is 15.9 Å². The molecule has 0 fully saturated rings. The van der Waals surface area contributed by atoms with E-state index in [9.17, 15) is 9.50 Å². The average molecular weight is 261 g/mol. The van der Waals surface area contributed by atoms with Gasteiger partial charge in [0.15, 0.2) is 0 Å². The topological polar surface area (TPSA) is 20.2 Å². The van der Waals surface area contributed by atoms with E-state index in [0.29, 0.717) is 10.0 Å². The molecule has 0 amide bonds. The Morgan fingerprint density at radius 2 is 2.14 bits per heavy atom. The Morgan fingerprint density at radius 3 is 2.64 bits per heavy atom. The van der Waals surface area contributed by atoms with Crippen molar-refractivity contribution < 1.29 is 9.50 Å². The van der Waals surface area contributed by atoms with Crippen LogP contribution in [0.15, 0.2) is 22.7 Å². The van der Waals surface area contributed by atoms with Gasteiger partial charge in [-0.25, -0.2) is 4.39 Å². The highest BCUT2D eigenvalue weighted by atomic mass is 79.9. The van der Waals surface area contributed by atoms with Gasteiger partial charge in [0.2, 0.25) is 0 Å². The van der Waals surface area contributed by atoms with Gasteiger partial charge in [-0.15, -0.1) is 0 Å². The second-order valence-corrected chi connectivity index (χ2v) is 4.32. The van der Waals surface area contributed by atoms with Crippen LogP contribution < -0.4 is 0 Å². The molecule has 0 aliphatic heterocycles. The average Bonchev–Trinajstić information content (AvgIpc) is 2.16. The highest BCUT2D eigenvalue weighted by Gasteiger charge is 2.20. The molecule has 0 spiro atoms. The second kappa shape index (κ2) is 4.89. The van der Waals surface area contributed by atoms with E-state index >= 15 is 0 Å². The van der Waals surface area contributed by atoms with E-state index in [4.69, 9.17) is 0 Å². The van der Waals surface area contributed by atoms with E-state index in [-0.39, 0.29) is 11.7 Å². The fourth-order valence-electron chi connectivity index (χ4n) is 1.30. The highest BCUT2D eigenvalue weighted by Crippen LogP contribution is 2.31. The summed E-state index contributed by atoms with van der Waals surface area (Å²) in [5, 5.41) is 9.88. The standard InChI is InChI=1S/C11H14BrFO/c1-3-7(2)11(14)10-8(12)5-4-6-9(10)13/h4-7,11,14H,3H2,1-2H3. The molecule has 1 rings (SSSR count). The number of aliphatic hydroxyl groups excluding tert-OH is 1. The van der Waals surface area contributed by atoms with E-state index < -0.39 is 6.10 Å². The summed E-state index contributed by atoms with van der Waals surface area (Å²) in [6.45, 7) is 3.88. The van der Waals surface area contributed by atoms with Crippen molar-refractivity contribution in [1.29, 1.82) is 0 Å². The van der Waals surface area contributed by atoms with Crippen molar-refractivity contribution in [3.05, 3.63) is 34.1 Å². The van der Waals surface area contributed by atoms with Crippen molar-refractivity contribution in [2.24, 2.45) is 5.92 Å². The first-order valence-electron chi connectivity index (χ1n) is 4.69. The minimum Gasteiger partial charge on any atom is -0.388 e. The summed E-state index contributed by atoms with van der Waals surface area (Å²) in [4.78, 5) is 0. The maximum absolute atomic E-state index is 13.4. The van der Waals surface area contributed by atoms with Crippen molar-refractivity contribution in [2.75, 3.05) is 0 Å². The molecule has 1 aromatic rings. The largest absolute Gasteiger partial charge is 0.388 e. The summed E-state index contributed by atoms with van der Waals surface area (Å²) < 4.78 is 14.0. The normalized spacial score (nSPS) is 15.2. The molecule has 1 N–H and O–H groups in total. The molecule has 0 aliphatic carbocycles. The summed E-state index contributed by atoms with van der Waals surface area (Å²) in [6, 6.07) is 4.72. The van der Waals surface area contributed by atoms with Gasteiger partial charge in [0, 0.05) is 10.0 Å². The zero-order valence-corrected chi connectivity index (χ0v) is 9.88. The maximum atomic E-state index is 13.4. The Bertz CT molecular complexity index is 294. The third-order valence-electron chi connectivity index (χ3n) is 2.48. The molecule has 14 heavy (non-hydrogen) atoms. The first-order valence-corrected chi connectivity index (χ1v) is 5.49. The lowest BCUT2D eigenvalue weighted by Gasteiger charge is -2.19. The van der Waals surface area contributed by atoms with Crippen LogP contribution in [0.25, 0.3) is 0 Å². The lowest BCUT2D eigenvalue weighted by atomic mass is 9.95. The van der Waals surface area contributed by atoms with Crippen molar-refractivity contribution in [2.45, 2.75) is 26.4 Å². The number of hydrogen-bond donors (Lipinski definition) is 1. The minimum atomic E-state index is -0.740. The van der Waals surface area contributed by atoms with Crippen LogP contribution in [0.5, 0.6) is 0 Å². The molecular formula is C11H14BrFO. The number of rotatable bonds is 3. The molecule has 0 aromatic heterocycles. The zero-order chi connectivity index (χ0) is 10.7. The molecule has 0 saturated carbocycles. The highest BCUT2D eigenvalue weighted by molar-refractivity contribution is 9.10. The fraction of sp³-hybridized carbons (Fsp3) is 0.455. The quantitative estimate of drug-likeness (QED) is 0.880. The summed E-state index contributed by atoms with van der Waals surface area (Å²) >= 11 is 3.25. The molecule has 1 nitrogen and oxygen atoms in total. The van der Waals surface area contributed by atoms with Crippen LogP contribution in [0.4, 0.5) is 4.39 Å². The van der Waals surface area contributed by atoms with E-state index in [1.807, 2.05) is 13.8 Å². The fourth-order valence-corrected chi connectivity index (χ4v) is 1.88. The summed E-state index contributed by atoms with van der Waals surface area (Å²) in [5.74, 6) is -0.296. The predicted octanol–water partition coefficient (Wildman–Crippen LogP) is 3.67. The van der Waals surface area contributed by atoms with E-state index in [0.717, 1.165) is 6.42 Å². The van der Waals surface area contributed by atoms with Crippen LogP contribution >= 0.6 is 15.9 Å². The van der Waals surface area contributed by atoms with Gasteiger partial charge < -0.3 is 5.11 Å². The monoisotopic (exact) mass is 260 g/mol. The maximum Gasteiger partial charge on any atom is 0.130 e. The van der Waals surface area contributed by atoms with Gasteiger partial charge in [-0.2, -0.15) is 0 Å². The third kappa shape index (κ3) is 2.34. The van der Waals surface area contributed by atoms with Crippen LogP contribution in [0.3, 0.4) is 0 Å². The Kier molecular flexibility index (Phi) is 4.08. The summed E-state index contributed by atoms with van der Waals surface area (Å²) in [6.07, 6.45) is 0.0812. The zero-order valence-electron chi connectivity index (χ0n) is 8.30. The van der Waals surface area contributed by atoms with Crippen LogP contribution in [0, 0.1) is 11.7 Å². The first kappa shape index (κ1) is 11.7. The predicted molar refractivity (Wildman–Crippen MR) is 58.5 cm³/mol. The van der Waals surface area contributed by atoms with Crippen molar-refractivity contribution in [1.82, 2.24) is 0 Å². The molecule has 0 radical (unpaired) electrons. The Hall–Kier alpha value is -0.410. The van der Waals surface area contributed by atoms with E-state index in [1.54, 1.807) is 12.1 Å². The number of aliphatic hydroxyl groups is 1.